The maximum Gasteiger partial charge on any atom is 0.250 e. The fourth-order valence-electron chi connectivity index (χ4n) is 3.20. The van der Waals surface area contributed by atoms with Gasteiger partial charge in [0.25, 0.3) is 5.56 Å². The summed E-state index contributed by atoms with van der Waals surface area (Å²) in [5.74, 6) is 0.338. The monoisotopic (exact) mass is 329 g/mol. The number of nitrogens with one attached hydrogen (secondary N) is 1. The second-order valence-electron chi connectivity index (χ2n) is 6.44. The molecule has 1 saturated heterocycles. The maximum absolute atomic E-state index is 12.5. The predicted molar refractivity (Wildman–Crippen MR) is 89.9 cm³/mol. The number of nitrogens with zero attached hydrogens (tertiary/aromatic N) is 4. The first-order chi connectivity index (χ1) is 11.5. The molecule has 1 amide bonds. The number of hydrogen-bond donors (Lipinski definition) is 1. The van der Waals surface area contributed by atoms with Crippen LogP contribution in [0.1, 0.15) is 41.4 Å². The van der Waals surface area contributed by atoms with Crippen molar-refractivity contribution in [1.82, 2.24) is 24.6 Å². The van der Waals surface area contributed by atoms with Gasteiger partial charge in [0.15, 0.2) is 0 Å². The van der Waals surface area contributed by atoms with E-state index in [0.717, 1.165) is 35.5 Å². The van der Waals surface area contributed by atoms with Crippen molar-refractivity contribution in [3.8, 4) is 0 Å². The van der Waals surface area contributed by atoms with E-state index < -0.39 is 0 Å². The van der Waals surface area contributed by atoms with Gasteiger partial charge in [-0.15, -0.1) is 0 Å². The Morgan fingerprint density at radius 1 is 1.29 bits per heavy atom. The quantitative estimate of drug-likeness (QED) is 0.920. The number of likely N-dealkylation sites (tertiary alicyclic amines) is 1. The largest absolute Gasteiger partial charge is 0.341 e. The van der Waals surface area contributed by atoms with Gasteiger partial charge in [0, 0.05) is 30.8 Å². The smallest absolute Gasteiger partial charge is 0.250 e. The molecule has 3 heterocycles. The summed E-state index contributed by atoms with van der Waals surface area (Å²) in [4.78, 5) is 32.6. The van der Waals surface area contributed by atoms with E-state index in [1.54, 1.807) is 10.7 Å². The van der Waals surface area contributed by atoms with Gasteiger partial charge in [0.05, 0.1) is 17.7 Å². The summed E-state index contributed by atoms with van der Waals surface area (Å²) >= 11 is 0. The van der Waals surface area contributed by atoms with Crippen LogP contribution in [0.15, 0.2) is 17.2 Å². The molecule has 1 aliphatic heterocycles. The molecule has 1 fully saturated rings. The van der Waals surface area contributed by atoms with Crippen molar-refractivity contribution in [2.45, 2.75) is 46.1 Å². The number of carbonyl (C=O) groups excluding carboxylic acids is 1. The summed E-state index contributed by atoms with van der Waals surface area (Å²) in [6.07, 6.45) is 3.11. The number of piperidine rings is 1. The summed E-state index contributed by atoms with van der Waals surface area (Å²) < 4.78 is 1.79. The summed E-state index contributed by atoms with van der Waals surface area (Å²) in [7, 11) is 0. The lowest BCUT2D eigenvalue weighted by Gasteiger charge is -2.31. The molecule has 0 spiro atoms. The van der Waals surface area contributed by atoms with E-state index in [-0.39, 0.29) is 23.9 Å². The van der Waals surface area contributed by atoms with Crippen LogP contribution in [0, 0.1) is 20.8 Å². The van der Waals surface area contributed by atoms with Crippen molar-refractivity contribution in [3.05, 3.63) is 45.4 Å². The molecule has 7 heteroatoms. The van der Waals surface area contributed by atoms with E-state index in [0.29, 0.717) is 13.1 Å². The second kappa shape index (κ2) is 6.59. The Labute approximate surface area is 140 Å². The molecule has 7 nitrogen and oxygen atoms in total. The number of aromatic nitrogens is 4. The SMILES string of the molecule is Cc1nn(CC(=O)N2CCC(c3cc(=O)[nH]cn3)CC2)c(C)c1C. The molecule has 0 aromatic carbocycles. The number of aryl methyl sites for hydroxylation is 1. The lowest BCUT2D eigenvalue weighted by molar-refractivity contribution is -0.133. The van der Waals surface area contributed by atoms with E-state index in [1.165, 1.54) is 6.33 Å². The fraction of sp³-hybridized carbons (Fsp3) is 0.529. The van der Waals surface area contributed by atoms with Gasteiger partial charge in [-0.1, -0.05) is 0 Å². The summed E-state index contributed by atoms with van der Waals surface area (Å²) in [6.45, 7) is 7.65. The average Bonchev–Trinajstić information content (AvgIpc) is 2.82. The molecule has 0 unspecified atom stereocenters. The number of hydrogen-bond acceptors (Lipinski definition) is 4. The van der Waals surface area contributed by atoms with Crippen molar-refractivity contribution in [2.24, 2.45) is 0 Å². The minimum absolute atomic E-state index is 0.0953. The first-order valence-corrected chi connectivity index (χ1v) is 8.28. The topological polar surface area (TPSA) is 83.9 Å². The van der Waals surface area contributed by atoms with E-state index >= 15 is 0 Å². The van der Waals surface area contributed by atoms with Crippen LogP contribution in [0.25, 0.3) is 0 Å². The van der Waals surface area contributed by atoms with E-state index in [9.17, 15) is 9.59 Å². The molecule has 2 aromatic rings. The first-order valence-electron chi connectivity index (χ1n) is 8.28. The van der Waals surface area contributed by atoms with Crippen LogP contribution in [-0.2, 0) is 11.3 Å². The zero-order chi connectivity index (χ0) is 17.3. The summed E-state index contributed by atoms with van der Waals surface area (Å²) in [6, 6.07) is 1.56. The first kappa shape index (κ1) is 16.4. The van der Waals surface area contributed by atoms with Crippen LogP contribution in [-0.4, -0.2) is 43.6 Å². The number of carbonyl (C=O) groups is 1. The maximum atomic E-state index is 12.5. The molecule has 1 N–H and O–H groups in total. The zero-order valence-corrected chi connectivity index (χ0v) is 14.4. The third-order valence-corrected chi connectivity index (χ3v) is 4.99. The van der Waals surface area contributed by atoms with E-state index in [4.69, 9.17) is 0 Å². The third-order valence-electron chi connectivity index (χ3n) is 4.99. The highest BCUT2D eigenvalue weighted by Gasteiger charge is 2.25. The molecule has 1 aliphatic rings. The number of rotatable bonds is 3. The Kier molecular flexibility index (Phi) is 4.51. The van der Waals surface area contributed by atoms with Crippen molar-refractivity contribution in [3.63, 3.8) is 0 Å². The number of amides is 1. The molecular weight excluding hydrogens is 306 g/mol. The highest BCUT2D eigenvalue weighted by molar-refractivity contribution is 5.76. The van der Waals surface area contributed by atoms with E-state index in [2.05, 4.69) is 15.1 Å². The molecule has 128 valence electrons. The molecule has 0 aliphatic carbocycles. The van der Waals surface area contributed by atoms with E-state index in [1.807, 2.05) is 25.7 Å². The van der Waals surface area contributed by atoms with Crippen LogP contribution in [0.4, 0.5) is 0 Å². The van der Waals surface area contributed by atoms with Gasteiger partial charge >= 0.3 is 0 Å². The Morgan fingerprint density at radius 3 is 2.58 bits per heavy atom. The Morgan fingerprint density at radius 2 is 2.00 bits per heavy atom. The highest BCUT2D eigenvalue weighted by Crippen LogP contribution is 2.25. The molecule has 0 atom stereocenters. The normalized spacial score (nSPS) is 15.7. The minimum Gasteiger partial charge on any atom is -0.341 e. The Balaban J connectivity index is 1.61. The third kappa shape index (κ3) is 3.25. The Bertz CT molecular complexity index is 800. The molecule has 0 saturated carbocycles. The number of aromatic amines is 1. The van der Waals surface area contributed by atoms with Gasteiger partial charge in [-0.25, -0.2) is 4.98 Å². The van der Waals surface area contributed by atoms with Crippen LogP contribution in [0.2, 0.25) is 0 Å². The average molecular weight is 329 g/mol. The van der Waals surface area contributed by atoms with Crippen LogP contribution < -0.4 is 5.56 Å². The second-order valence-corrected chi connectivity index (χ2v) is 6.44. The van der Waals surface area contributed by atoms with Crippen LogP contribution >= 0.6 is 0 Å². The van der Waals surface area contributed by atoms with Crippen molar-refractivity contribution >= 4 is 5.91 Å². The number of H-pyrrole nitrogens is 1. The van der Waals surface area contributed by atoms with Gasteiger partial charge in [0.2, 0.25) is 5.91 Å². The van der Waals surface area contributed by atoms with Gasteiger partial charge < -0.3 is 9.88 Å². The standard InChI is InChI=1S/C17H23N5O2/c1-11-12(2)20-22(13(11)3)9-17(24)21-6-4-14(5-7-21)15-8-16(23)19-10-18-15/h8,10,14H,4-7,9H2,1-3H3,(H,18,19,23). The summed E-state index contributed by atoms with van der Waals surface area (Å²) in [5, 5.41) is 4.44. The van der Waals surface area contributed by atoms with Crippen molar-refractivity contribution in [1.29, 1.82) is 0 Å². The van der Waals surface area contributed by atoms with Crippen molar-refractivity contribution < 1.29 is 4.79 Å². The fourth-order valence-corrected chi connectivity index (χ4v) is 3.20. The van der Waals surface area contributed by atoms with Gasteiger partial charge in [0.1, 0.15) is 6.54 Å². The summed E-state index contributed by atoms with van der Waals surface area (Å²) in [5.41, 5.74) is 3.85. The van der Waals surface area contributed by atoms with Gasteiger partial charge in [-0.2, -0.15) is 5.10 Å². The van der Waals surface area contributed by atoms with Crippen molar-refractivity contribution in [2.75, 3.05) is 13.1 Å². The molecular formula is C17H23N5O2. The molecule has 24 heavy (non-hydrogen) atoms. The molecule has 0 bridgehead atoms. The van der Waals surface area contributed by atoms with Gasteiger partial charge in [-0.3, -0.25) is 14.3 Å². The minimum atomic E-state index is -0.126. The molecule has 3 rings (SSSR count). The van der Waals surface area contributed by atoms with Crippen LogP contribution in [0.5, 0.6) is 0 Å². The Hall–Kier alpha value is -2.44. The molecule has 0 radical (unpaired) electrons. The zero-order valence-electron chi connectivity index (χ0n) is 14.4. The van der Waals surface area contributed by atoms with Gasteiger partial charge in [-0.05, 0) is 39.2 Å². The highest BCUT2D eigenvalue weighted by atomic mass is 16.2. The predicted octanol–water partition coefficient (Wildman–Crippen LogP) is 1.30. The van der Waals surface area contributed by atoms with Crippen LogP contribution in [0.3, 0.4) is 0 Å². The molecule has 2 aromatic heterocycles. The lowest BCUT2D eigenvalue weighted by atomic mass is 9.93. The lowest BCUT2D eigenvalue weighted by Crippen LogP contribution is -2.40.